The van der Waals surface area contributed by atoms with Crippen LogP contribution in [0.4, 0.5) is 0 Å². The Morgan fingerprint density at radius 3 is 3.00 bits per heavy atom. The third-order valence-electron chi connectivity index (χ3n) is 0.598. The first-order chi connectivity index (χ1) is 4.34. The van der Waals surface area contributed by atoms with Crippen molar-refractivity contribution in [1.82, 2.24) is 20.6 Å². The summed E-state index contributed by atoms with van der Waals surface area (Å²) in [4.78, 5) is 10.4. The molecule has 1 rings (SSSR count). The largest absolute Gasteiger partial charge is 0.391 e. The number of aromatic nitrogens is 4. The Kier molecular flexibility index (Phi) is 1.73. The smallest absolute Gasteiger partial charge is 0.378 e. The van der Waals surface area contributed by atoms with Crippen LogP contribution in [-0.2, 0) is 3.83 Å². The average Bonchev–Trinajstić information content (AvgIpc) is 2.37. The van der Waals surface area contributed by atoms with Crippen LogP contribution in [0, 0.1) is 0 Å². The van der Waals surface area contributed by atoms with E-state index in [4.69, 9.17) is 0 Å². The lowest BCUT2D eigenvalue weighted by molar-refractivity contribution is 0.0769. The van der Waals surface area contributed by atoms with Crippen molar-refractivity contribution in [3.8, 4) is 0 Å². The highest BCUT2D eigenvalue weighted by Crippen LogP contribution is 1.92. The molecule has 0 aliphatic rings. The minimum absolute atomic E-state index is 0.105. The molecule has 1 aromatic rings. The Morgan fingerprint density at radius 1 is 1.78 bits per heavy atom. The van der Waals surface area contributed by atoms with Crippen LogP contribution in [0.3, 0.4) is 0 Å². The molecule has 1 N–H and O–H groups in total. The van der Waals surface area contributed by atoms with Gasteiger partial charge in [0.2, 0.25) is 0 Å². The van der Waals surface area contributed by atoms with E-state index in [0.29, 0.717) is 0 Å². The number of hydrogen-bond acceptors (Lipinski definition) is 5. The number of H-pyrrole nitrogens is 1. The molecule has 0 aliphatic heterocycles. The van der Waals surface area contributed by atoms with E-state index in [9.17, 15) is 4.79 Å². The molecule has 48 valence electrons. The molecule has 0 saturated carbocycles. The van der Waals surface area contributed by atoms with Crippen molar-refractivity contribution in [3.05, 3.63) is 5.82 Å². The zero-order valence-electron chi connectivity index (χ0n) is 4.04. The molecule has 0 spiro atoms. The average molecular weight is 193 g/mol. The van der Waals surface area contributed by atoms with Gasteiger partial charge >= 0.3 is 5.97 Å². The maximum atomic E-state index is 10.4. The van der Waals surface area contributed by atoms with E-state index in [0.717, 1.165) is 0 Å². The minimum atomic E-state index is -0.677. The van der Waals surface area contributed by atoms with Gasteiger partial charge < -0.3 is 3.83 Å². The Balaban J connectivity index is 2.77. The normalized spacial score (nSPS) is 9.00. The lowest BCUT2D eigenvalue weighted by atomic mass is 10.7. The molecule has 0 unspecified atom stereocenters. The van der Waals surface area contributed by atoms with Crippen LogP contribution in [0.15, 0.2) is 0 Å². The minimum Gasteiger partial charge on any atom is -0.378 e. The highest BCUT2D eigenvalue weighted by atomic mass is 79.9. The number of carbonyl (C=O) groups is 1. The van der Waals surface area contributed by atoms with Gasteiger partial charge in [-0.15, -0.1) is 10.2 Å². The summed E-state index contributed by atoms with van der Waals surface area (Å²) >= 11 is 2.46. The SMILES string of the molecule is O=C(OBr)c1nn[nH]n1. The number of rotatable bonds is 1. The van der Waals surface area contributed by atoms with Crippen molar-refractivity contribution in [2.45, 2.75) is 0 Å². The molecule has 0 bridgehead atoms. The second kappa shape index (κ2) is 2.53. The molecule has 9 heavy (non-hydrogen) atoms. The van der Waals surface area contributed by atoms with Crippen molar-refractivity contribution >= 4 is 22.2 Å². The molecule has 0 amide bonds. The predicted molar refractivity (Wildman–Crippen MR) is 28.5 cm³/mol. The Hall–Kier alpha value is -0.980. The third kappa shape index (κ3) is 1.22. The Bertz CT molecular complexity index is 196. The number of aromatic amines is 1. The molecule has 1 aromatic heterocycles. The lowest BCUT2D eigenvalue weighted by Crippen LogP contribution is -1.99. The standard InChI is InChI=1S/C2HBrN4O2/c3-9-2(8)1-4-6-7-5-1/h(H,4,5,6,7). The summed E-state index contributed by atoms with van der Waals surface area (Å²) in [5, 5.41) is 11.9. The number of tetrazole rings is 1. The van der Waals surface area contributed by atoms with Crippen LogP contribution in [-0.4, -0.2) is 26.6 Å². The lowest BCUT2D eigenvalue weighted by Gasteiger charge is -1.82. The molecule has 0 saturated heterocycles. The second-order valence-electron chi connectivity index (χ2n) is 1.10. The van der Waals surface area contributed by atoms with Crippen molar-refractivity contribution in [3.63, 3.8) is 0 Å². The van der Waals surface area contributed by atoms with E-state index >= 15 is 0 Å². The quantitative estimate of drug-likeness (QED) is 0.660. The summed E-state index contributed by atoms with van der Waals surface area (Å²) in [6.45, 7) is 0. The first kappa shape index (κ1) is 6.14. The zero-order chi connectivity index (χ0) is 6.69. The summed E-state index contributed by atoms with van der Waals surface area (Å²) in [5.74, 6) is -0.782. The molecule has 1 heterocycles. The fourth-order valence-electron chi connectivity index (χ4n) is 0.283. The van der Waals surface area contributed by atoms with Gasteiger partial charge in [0.05, 0.1) is 0 Å². The van der Waals surface area contributed by atoms with Crippen molar-refractivity contribution in [1.29, 1.82) is 0 Å². The van der Waals surface area contributed by atoms with Crippen molar-refractivity contribution in [2.75, 3.05) is 0 Å². The number of carbonyl (C=O) groups excluding carboxylic acids is 1. The number of halogens is 1. The van der Waals surface area contributed by atoms with Gasteiger partial charge in [-0.25, -0.2) is 4.79 Å². The highest BCUT2D eigenvalue weighted by molar-refractivity contribution is 9.06. The fourth-order valence-corrected chi connectivity index (χ4v) is 0.428. The monoisotopic (exact) mass is 192 g/mol. The van der Waals surface area contributed by atoms with Crippen molar-refractivity contribution in [2.24, 2.45) is 0 Å². The summed E-state index contributed by atoms with van der Waals surface area (Å²) in [6.07, 6.45) is 0. The van der Waals surface area contributed by atoms with Crippen LogP contribution < -0.4 is 0 Å². The Labute approximate surface area is 58.0 Å². The van der Waals surface area contributed by atoms with E-state index in [1.54, 1.807) is 0 Å². The maximum absolute atomic E-state index is 10.4. The first-order valence-electron chi connectivity index (χ1n) is 1.91. The zero-order valence-corrected chi connectivity index (χ0v) is 5.62. The van der Waals surface area contributed by atoms with Gasteiger partial charge in [0.15, 0.2) is 16.3 Å². The summed E-state index contributed by atoms with van der Waals surface area (Å²) < 4.78 is 4.08. The fraction of sp³-hybridized carbons (Fsp3) is 0. The molecular weight excluding hydrogens is 192 g/mol. The van der Waals surface area contributed by atoms with Gasteiger partial charge in [0.1, 0.15) is 0 Å². The molecule has 6 nitrogen and oxygen atoms in total. The van der Waals surface area contributed by atoms with Gasteiger partial charge in [-0.1, -0.05) is 0 Å². The number of nitrogens with zero attached hydrogens (tertiary/aromatic N) is 3. The van der Waals surface area contributed by atoms with Crippen LogP contribution >= 0.6 is 16.3 Å². The molecule has 0 fully saturated rings. The molecule has 0 atom stereocenters. The van der Waals surface area contributed by atoms with Crippen LogP contribution in [0.2, 0.25) is 0 Å². The molecule has 0 aliphatic carbocycles. The van der Waals surface area contributed by atoms with Gasteiger partial charge in [-0.05, 0) is 5.21 Å². The molecule has 7 heteroatoms. The van der Waals surface area contributed by atoms with Gasteiger partial charge in [0.25, 0.3) is 5.82 Å². The number of hydrogen-bond donors (Lipinski definition) is 1. The molecule has 0 aromatic carbocycles. The van der Waals surface area contributed by atoms with E-state index in [-0.39, 0.29) is 5.82 Å². The third-order valence-corrected chi connectivity index (χ3v) is 0.892. The summed E-state index contributed by atoms with van der Waals surface area (Å²) in [5.41, 5.74) is 0. The predicted octanol–water partition coefficient (Wildman–Crippen LogP) is -0.334. The van der Waals surface area contributed by atoms with Crippen LogP contribution in [0.5, 0.6) is 0 Å². The van der Waals surface area contributed by atoms with E-state index in [1.165, 1.54) is 0 Å². The van der Waals surface area contributed by atoms with Gasteiger partial charge in [0, 0.05) is 0 Å². The van der Waals surface area contributed by atoms with Gasteiger partial charge in [-0.3, -0.25) is 0 Å². The topological polar surface area (TPSA) is 80.8 Å². The maximum Gasteiger partial charge on any atom is 0.391 e. The van der Waals surface area contributed by atoms with E-state index < -0.39 is 5.97 Å². The summed E-state index contributed by atoms with van der Waals surface area (Å²) in [6, 6.07) is 0. The summed E-state index contributed by atoms with van der Waals surface area (Å²) in [7, 11) is 0. The van der Waals surface area contributed by atoms with Gasteiger partial charge in [-0.2, -0.15) is 5.21 Å². The highest BCUT2D eigenvalue weighted by Gasteiger charge is 2.09. The van der Waals surface area contributed by atoms with Crippen LogP contribution in [0.25, 0.3) is 0 Å². The van der Waals surface area contributed by atoms with Crippen LogP contribution in [0.1, 0.15) is 10.6 Å². The van der Waals surface area contributed by atoms with E-state index in [2.05, 4.69) is 40.7 Å². The Morgan fingerprint density at radius 2 is 2.56 bits per heavy atom. The molecular formula is C2HBrN4O2. The first-order valence-corrected chi connectivity index (χ1v) is 2.55. The second-order valence-corrected chi connectivity index (χ2v) is 1.42. The van der Waals surface area contributed by atoms with E-state index in [1.807, 2.05) is 0 Å². The number of nitrogens with one attached hydrogen (secondary N) is 1. The van der Waals surface area contributed by atoms with Crippen molar-refractivity contribution < 1.29 is 8.62 Å². The molecule has 0 radical (unpaired) electrons.